The van der Waals surface area contributed by atoms with Crippen LogP contribution < -0.4 is 32.1 Å². The number of nitriles is 4. The van der Waals surface area contributed by atoms with Gasteiger partial charge in [-0.15, -0.1) is 0 Å². The van der Waals surface area contributed by atoms with Gasteiger partial charge in [0.05, 0.1) is 69.5 Å². The minimum Gasteiger partial charge on any atom is -0.250 e. The van der Waals surface area contributed by atoms with E-state index in [-0.39, 0.29) is 49.5 Å². The Morgan fingerprint density at radius 3 is 1.28 bits per heavy atom. The van der Waals surface area contributed by atoms with Crippen molar-refractivity contribution in [1.29, 1.82) is 21.0 Å². The smallest absolute Gasteiger partial charge is 0.250 e. The van der Waals surface area contributed by atoms with Gasteiger partial charge in [0.25, 0.3) is 0 Å². The molecule has 340 valence electrons. The first-order valence-electron chi connectivity index (χ1n) is 19.1. The number of benzene rings is 5. The number of halogens is 10. The quantitative estimate of drug-likeness (QED) is 0.0652. The number of nitrogens with zero attached hydrogens (tertiary/aromatic N) is 16. The minimum atomic E-state index is -2.51. The third-order valence-electron chi connectivity index (χ3n) is 10.5. The van der Waals surface area contributed by atoms with Gasteiger partial charge in [-0.05, 0) is 30.3 Å². The van der Waals surface area contributed by atoms with Crippen molar-refractivity contribution in [3.8, 4) is 58.4 Å². The second-order valence-electron chi connectivity index (χ2n) is 14.2. The van der Waals surface area contributed by atoms with Gasteiger partial charge in [-0.3, -0.25) is 4.99 Å². The van der Waals surface area contributed by atoms with E-state index in [0.29, 0.717) is 0 Å². The van der Waals surface area contributed by atoms with Crippen molar-refractivity contribution >= 4 is 17.0 Å². The summed E-state index contributed by atoms with van der Waals surface area (Å²) in [4.78, 5) is 47.3. The Hall–Kier alpha value is -11.1. The summed E-state index contributed by atoms with van der Waals surface area (Å²) in [5.74, 6) is -27.5. The van der Waals surface area contributed by atoms with Crippen molar-refractivity contribution in [3.05, 3.63) is 206 Å². The zero-order valence-corrected chi connectivity index (χ0v) is 34.4. The van der Waals surface area contributed by atoms with Crippen molar-refractivity contribution in [2.45, 2.75) is 0 Å². The molecule has 4 heterocycles. The SMILES string of the molecule is [C-]#[N+]/C(=C1/N=c2ccc(-c3nc(-c4ccc5c(c4C#N)=N/C(=C(\C#N)c4c(F)c(F)c(F)c(F)c4F)N=5)nc(-c4ccc5c(c4C#N)=N/C(=C(\C#N)[N+]#[C-])N=5)n3)c([N+]#[C-])c2=N1)c1c(F)c(F)c(F)c(F)c1F. The molecule has 72 heavy (non-hydrogen) atoms. The molecule has 0 saturated heterocycles. The van der Waals surface area contributed by atoms with Gasteiger partial charge in [0.15, 0.2) is 87.3 Å². The zero-order chi connectivity index (χ0) is 51.6. The van der Waals surface area contributed by atoms with Crippen molar-refractivity contribution in [1.82, 2.24) is 15.0 Å². The summed E-state index contributed by atoms with van der Waals surface area (Å²) in [6.45, 7) is 23.0. The van der Waals surface area contributed by atoms with Gasteiger partial charge in [0.1, 0.15) is 34.5 Å². The average molecular weight is 973 g/mol. The van der Waals surface area contributed by atoms with Crippen LogP contribution >= 0.6 is 0 Å². The molecule has 0 amide bonds. The zero-order valence-electron chi connectivity index (χ0n) is 34.4. The summed E-state index contributed by atoms with van der Waals surface area (Å²) in [5, 5.41) is 38.9. The number of hydrogen-bond donors (Lipinski definition) is 0. The van der Waals surface area contributed by atoms with Crippen molar-refractivity contribution in [2.75, 3.05) is 0 Å². The van der Waals surface area contributed by atoms with E-state index in [4.69, 9.17) is 19.7 Å². The van der Waals surface area contributed by atoms with E-state index < -0.39 is 137 Å². The number of aromatic nitrogens is 3. The largest absolute Gasteiger partial charge is 0.305 e. The highest BCUT2D eigenvalue weighted by molar-refractivity contribution is 5.81. The lowest BCUT2D eigenvalue weighted by Gasteiger charge is -2.11. The van der Waals surface area contributed by atoms with Gasteiger partial charge in [-0.25, -0.2) is 104 Å². The first-order valence-corrected chi connectivity index (χ1v) is 19.1. The molecule has 0 fully saturated rings. The van der Waals surface area contributed by atoms with E-state index in [9.17, 15) is 65.0 Å². The molecule has 1 aromatic heterocycles. The molecule has 16 nitrogen and oxygen atoms in total. The van der Waals surface area contributed by atoms with Crippen LogP contribution in [0.15, 0.2) is 89.5 Å². The van der Waals surface area contributed by atoms with Crippen LogP contribution in [0, 0.1) is 123 Å². The molecule has 0 aliphatic carbocycles. The Bertz CT molecular complexity index is 4210. The molecular weight excluding hydrogens is 967 g/mol. The highest BCUT2D eigenvalue weighted by atomic mass is 19.2. The second kappa shape index (κ2) is 17.2. The first-order chi connectivity index (χ1) is 34.5. The molecule has 3 aliphatic heterocycles. The van der Waals surface area contributed by atoms with Crippen LogP contribution in [0.25, 0.3) is 60.0 Å². The molecule has 0 spiro atoms. The molecule has 0 bridgehead atoms. The van der Waals surface area contributed by atoms with Gasteiger partial charge in [0, 0.05) is 16.7 Å². The molecule has 6 aromatic rings. The molecule has 5 aromatic carbocycles. The van der Waals surface area contributed by atoms with Crippen LogP contribution in [0.3, 0.4) is 0 Å². The maximum absolute atomic E-state index is 14.9. The highest BCUT2D eigenvalue weighted by Crippen LogP contribution is 2.35. The molecule has 0 unspecified atom stereocenters. The monoisotopic (exact) mass is 972 g/mol. The lowest BCUT2D eigenvalue weighted by molar-refractivity contribution is 0.376. The second-order valence-corrected chi connectivity index (χ2v) is 14.2. The van der Waals surface area contributed by atoms with Gasteiger partial charge in [-0.1, -0.05) is 6.07 Å². The number of rotatable bonds is 5. The molecule has 26 heteroatoms. The van der Waals surface area contributed by atoms with E-state index >= 15 is 0 Å². The molecular formula is C46H6F10N16. The maximum atomic E-state index is 14.9. The molecule has 9 rings (SSSR count). The van der Waals surface area contributed by atoms with Gasteiger partial charge < -0.3 is 0 Å². The fourth-order valence-electron chi connectivity index (χ4n) is 7.22. The van der Waals surface area contributed by atoms with E-state index in [2.05, 4.69) is 59.4 Å². The summed E-state index contributed by atoms with van der Waals surface area (Å²) in [6, 6.07) is 13.9. The third kappa shape index (κ3) is 6.83. The summed E-state index contributed by atoms with van der Waals surface area (Å²) in [5.41, 5.74) is -8.30. The Morgan fingerprint density at radius 2 is 0.833 bits per heavy atom. The number of hydrogen-bond acceptors (Lipinski definition) is 13. The summed E-state index contributed by atoms with van der Waals surface area (Å²) in [6.07, 6.45) is 0. The minimum absolute atomic E-state index is 0.0335. The Labute approximate surface area is 390 Å². The molecule has 3 aliphatic rings. The van der Waals surface area contributed by atoms with Crippen LogP contribution in [0.5, 0.6) is 0 Å². The predicted octanol–water partition coefficient (Wildman–Crippen LogP) is 6.07. The topological polar surface area (TPSA) is 221 Å². The molecule has 0 N–H and O–H groups in total. The van der Waals surface area contributed by atoms with Crippen LogP contribution in [0.1, 0.15) is 22.3 Å². The van der Waals surface area contributed by atoms with Crippen molar-refractivity contribution < 1.29 is 43.9 Å². The van der Waals surface area contributed by atoms with E-state index in [1.807, 2.05) is 12.1 Å². The maximum Gasteiger partial charge on any atom is 0.305 e. The van der Waals surface area contributed by atoms with Gasteiger partial charge in [0.2, 0.25) is 17.2 Å². The molecule has 0 atom stereocenters. The average Bonchev–Trinajstić information content (AvgIpc) is 4.15. The Morgan fingerprint density at radius 1 is 0.431 bits per heavy atom. The lowest BCUT2D eigenvalue weighted by atomic mass is 10.0. The van der Waals surface area contributed by atoms with Crippen LogP contribution in [0.2, 0.25) is 0 Å². The Kier molecular flexibility index (Phi) is 11.0. The molecule has 0 saturated carbocycles. The number of allylic oxidation sites excluding steroid dienone is 2. The summed E-state index contributed by atoms with van der Waals surface area (Å²) in [7, 11) is 0. The van der Waals surface area contributed by atoms with Gasteiger partial charge in [-0.2, -0.15) is 15.8 Å². The van der Waals surface area contributed by atoms with E-state index in [0.717, 1.165) is 18.2 Å². The lowest BCUT2D eigenvalue weighted by Crippen LogP contribution is -2.26. The first kappa shape index (κ1) is 46.0. The van der Waals surface area contributed by atoms with E-state index in [1.54, 1.807) is 6.07 Å². The summed E-state index contributed by atoms with van der Waals surface area (Å²) >= 11 is 0. The summed E-state index contributed by atoms with van der Waals surface area (Å²) < 4.78 is 145. The standard InChI is InChI=1S/C46H6F10N16/c1-61-23(13-60)45-65-21-8-5-15(18(11-58)37(21)68-45)42-70-41(14-4-7-20-36(17(14)10-57)67-44(64-20)19(12-59)24-26(47)30(51)34(55)31(52)27(24)48)71-43(72-42)16-6-9-22-39(38(16)62-2)69-46(66-22)40(63-3)25-28(49)32(53)35(56)33(54)29(25)50/h4-9H/b44-19+,45-23+,46-40-. The number of fused-ring (bicyclic) bond motifs is 3. The van der Waals surface area contributed by atoms with Crippen LogP contribution in [-0.4, -0.2) is 15.0 Å². The van der Waals surface area contributed by atoms with Crippen molar-refractivity contribution in [3.63, 3.8) is 0 Å². The van der Waals surface area contributed by atoms with Gasteiger partial charge >= 0.3 is 5.70 Å². The fraction of sp³-hybridized carbons (Fsp3) is 0. The highest BCUT2D eigenvalue weighted by Gasteiger charge is 2.33. The fourth-order valence-corrected chi connectivity index (χ4v) is 7.22. The van der Waals surface area contributed by atoms with E-state index in [1.165, 1.54) is 24.3 Å². The predicted molar refractivity (Wildman–Crippen MR) is 217 cm³/mol. The normalized spacial score (nSPS) is 14.5. The van der Waals surface area contributed by atoms with Crippen LogP contribution in [-0.2, 0) is 0 Å². The Balaban J connectivity index is 1.31. The third-order valence-corrected chi connectivity index (χ3v) is 10.5. The van der Waals surface area contributed by atoms with Crippen LogP contribution in [0.4, 0.5) is 49.6 Å². The van der Waals surface area contributed by atoms with Crippen molar-refractivity contribution in [2.24, 2.45) is 30.0 Å². The molecule has 0 radical (unpaired) electrons.